The zero-order valence-electron chi connectivity index (χ0n) is 13.6. The Morgan fingerprint density at radius 1 is 1.32 bits per heavy atom. The molecule has 0 radical (unpaired) electrons. The second-order valence-electron chi connectivity index (χ2n) is 5.48. The maximum Gasteiger partial charge on any atom is 0.351 e. The maximum absolute atomic E-state index is 11.6. The molecular formula is C16H24BrN3O2. The van der Waals surface area contributed by atoms with Gasteiger partial charge in [0, 0.05) is 0 Å². The van der Waals surface area contributed by atoms with Gasteiger partial charge in [-0.1, -0.05) is 17.7 Å². The summed E-state index contributed by atoms with van der Waals surface area (Å²) in [5.74, 6) is 0.387. The molecule has 1 aromatic carbocycles. The van der Waals surface area contributed by atoms with Crippen molar-refractivity contribution < 1.29 is 31.1 Å². The minimum absolute atomic E-state index is 0. The number of anilines is 1. The second kappa shape index (κ2) is 7.63. The molecule has 0 saturated carbocycles. The van der Waals surface area contributed by atoms with E-state index < -0.39 is 0 Å². The molecule has 0 bridgehead atoms. The molecule has 1 aliphatic heterocycles. The minimum atomic E-state index is -0.236. The van der Waals surface area contributed by atoms with Gasteiger partial charge >= 0.3 is 11.9 Å². The van der Waals surface area contributed by atoms with E-state index in [4.69, 9.17) is 10.5 Å². The summed E-state index contributed by atoms with van der Waals surface area (Å²) in [5, 5.41) is 0. The largest absolute Gasteiger partial charge is 1.00 e. The summed E-state index contributed by atoms with van der Waals surface area (Å²) in [7, 11) is 0. The van der Waals surface area contributed by atoms with Crippen molar-refractivity contribution in [3.63, 3.8) is 0 Å². The Morgan fingerprint density at radius 3 is 2.45 bits per heavy atom. The molecule has 0 amide bonds. The molecule has 0 aromatic heterocycles. The van der Waals surface area contributed by atoms with Crippen molar-refractivity contribution in [1.82, 2.24) is 0 Å². The van der Waals surface area contributed by atoms with Crippen LogP contribution in [0.3, 0.4) is 0 Å². The predicted octanol–water partition coefficient (Wildman–Crippen LogP) is -1.67. The van der Waals surface area contributed by atoms with Crippen LogP contribution >= 0.6 is 0 Å². The van der Waals surface area contributed by atoms with Gasteiger partial charge in [-0.3, -0.25) is 10.3 Å². The summed E-state index contributed by atoms with van der Waals surface area (Å²) in [4.78, 5) is 13.7. The average Bonchev–Trinajstić information content (AvgIpc) is 2.71. The lowest BCUT2D eigenvalue weighted by Crippen LogP contribution is -3.00. The Morgan fingerprint density at radius 2 is 1.91 bits per heavy atom. The first-order valence-electron chi connectivity index (χ1n) is 7.32. The van der Waals surface area contributed by atoms with Crippen LogP contribution < -0.4 is 27.6 Å². The SMILES string of the molecule is CCOC(=O)C[N+]1=C(N)N(c2c(C)cc(C)cc2C)CC1.[Br-]. The number of hydrogen-bond acceptors (Lipinski definition) is 4. The number of esters is 1. The first-order valence-corrected chi connectivity index (χ1v) is 7.32. The van der Waals surface area contributed by atoms with E-state index in [-0.39, 0.29) is 29.5 Å². The molecule has 0 fully saturated rings. The number of rotatable bonds is 4. The molecule has 5 nitrogen and oxygen atoms in total. The van der Waals surface area contributed by atoms with E-state index in [0.29, 0.717) is 12.6 Å². The van der Waals surface area contributed by atoms with Crippen LogP contribution in [-0.2, 0) is 9.53 Å². The van der Waals surface area contributed by atoms with Crippen LogP contribution in [0.25, 0.3) is 0 Å². The highest BCUT2D eigenvalue weighted by Gasteiger charge is 2.31. The number of aryl methyl sites for hydroxylation is 3. The highest BCUT2D eigenvalue weighted by atomic mass is 79.9. The zero-order chi connectivity index (χ0) is 15.6. The number of halogens is 1. The molecule has 1 aliphatic rings. The summed E-state index contributed by atoms with van der Waals surface area (Å²) in [6, 6.07) is 4.31. The number of benzene rings is 1. The summed E-state index contributed by atoms with van der Waals surface area (Å²) in [6.07, 6.45) is 0. The third-order valence-corrected chi connectivity index (χ3v) is 3.72. The topological polar surface area (TPSA) is 58.6 Å². The Balaban J connectivity index is 0.00000242. The normalized spacial score (nSPS) is 14.1. The molecule has 2 rings (SSSR count). The van der Waals surface area contributed by atoms with Gasteiger partial charge in [-0.2, -0.15) is 0 Å². The number of ether oxygens (including phenoxy) is 1. The standard InChI is InChI=1S/C16H23N3O2.BrH/c1-5-21-14(20)10-18-6-7-19(16(18)17)15-12(3)8-11(2)9-13(15)4;/h8-9,17H,5-7,10H2,1-4H3;1H. The summed E-state index contributed by atoms with van der Waals surface area (Å²) in [6.45, 7) is 10.2. The number of carbonyl (C=O) groups excluding carboxylic acids is 1. The molecule has 0 spiro atoms. The predicted molar refractivity (Wildman–Crippen MR) is 83.8 cm³/mol. The molecule has 2 N–H and O–H groups in total. The zero-order valence-corrected chi connectivity index (χ0v) is 15.2. The molecule has 22 heavy (non-hydrogen) atoms. The van der Waals surface area contributed by atoms with Crippen molar-refractivity contribution in [3.8, 4) is 0 Å². The molecule has 1 aromatic rings. The van der Waals surface area contributed by atoms with Crippen LogP contribution in [0.5, 0.6) is 0 Å². The van der Waals surface area contributed by atoms with E-state index in [9.17, 15) is 4.79 Å². The Bertz CT molecular complexity index is 576. The molecule has 0 saturated heterocycles. The van der Waals surface area contributed by atoms with Crippen LogP contribution in [0.1, 0.15) is 23.6 Å². The van der Waals surface area contributed by atoms with Crippen LogP contribution in [0.4, 0.5) is 5.69 Å². The fourth-order valence-electron chi connectivity index (χ4n) is 2.97. The van der Waals surface area contributed by atoms with Crippen molar-refractivity contribution in [1.29, 1.82) is 0 Å². The van der Waals surface area contributed by atoms with Crippen LogP contribution in [0.15, 0.2) is 12.1 Å². The molecule has 6 heteroatoms. The van der Waals surface area contributed by atoms with Gasteiger partial charge in [-0.05, 0) is 38.8 Å². The van der Waals surface area contributed by atoms with Crippen molar-refractivity contribution in [2.75, 3.05) is 31.1 Å². The van der Waals surface area contributed by atoms with E-state index in [1.165, 1.54) is 16.7 Å². The summed E-state index contributed by atoms with van der Waals surface area (Å²) in [5.41, 5.74) is 11.0. The smallest absolute Gasteiger partial charge is 0.351 e. The fourth-order valence-corrected chi connectivity index (χ4v) is 2.97. The second-order valence-corrected chi connectivity index (χ2v) is 5.48. The summed E-state index contributed by atoms with van der Waals surface area (Å²) < 4.78 is 6.86. The van der Waals surface area contributed by atoms with Gasteiger partial charge in [-0.25, -0.2) is 9.69 Å². The fraction of sp³-hybridized carbons (Fsp3) is 0.500. The van der Waals surface area contributed by atoms with Gasteiger partial charge in [0.15, 0.2) is 6.54 Å². The Kier molecular flexibility index (Phi) is 6.41. The quantitative estimate of drug-likeness (QED) is 0.509. The monoisotopic (exact) mass is 369 g/mol. The van der Waals surface area contributed by atoms with Gasteiger partial charge in [0.25, 0.3) is 0 Å². The van der Waals surface area contributed by atoms with Crippen molar-refractivity contribution >= 4 is 17.6 Å². The van der Waals surface area contributed by atoms with Crippen molar-refractivity contribution in [3.05, 3.63) is 28.8 Å². The van der Waals surface area contributed by atoms with Gasteiger partial charge in [0.2, 0.25) is 0 Å². The highest BCUT2D eigenvalue weighted by Crippen LogP contribution is 2.27. The molecule has 0 aliphatic carbocycles. The number of carbonyl (C=O) groups is 1. The number of nitrogens with two attached hydrogens (primary N) is 1. The van der Waals surface area contributed by atoms with Crippen molar-refractivity contribution in [2.45, 2.75) is 27.7 Å². The molecular weight excluding hydrogens is 346 g/mol. The lowest BCUT2D eigenvalue weighted by atomic mass is 10.0. The van der Waals surface area contributed by atoms with Crippen LogP contribution in [0, 0.1) is 20.8 Å². The van der Waals surface area contributed by atoms with E-state index >= 15 is 0 Å². The van der Waals surface area contributed by atoms with Gasteiger partial charge in [-0.15, -0.1) is 0 Å². The lowest BCUT2D eigenvalue weighted by molar-refractivity contribution is -0.509. The Labute approximate surface area is 142 Å². The van der Waals surface area contributed by atoms with E-state index in [1.807, 2.05) is 4.58 Å². The van der Waals surface area contributed by atoms with E-state index in [0.717, 1.165) is 18.8 Å². The molecule has 122 valence electrons. The van der Waals surface area contributed by atoms with Gasteiger partial charge in [0.1, 0.15) is 12.2 Å². The number of guanidine groups is 1. The van der Waals surface area contributed by atoms with Crippen LogP contribution in [0.2, 0.25) is 0 Å². The third-order valence-electron chi connectivity index (χ3n) is 3.72. The number of hydrogen-bond donors (Lipinski definition) is 1. The molecule has 0 unspecified atom stereocenters. The van der Waals surface area contributed by atoms with Crippen LogP contribution in [-0.4, -0.2) is 42.7 Å². The highest BCUT2D eigenvalue weighted by molar-refractivity contribution is 5.94. The van der Waals surface area contributed by atoms with Gasteiger partial charge in [0.05, 0.1) is 13.2 Å². The summed E-state index contributed by atoms with van der Waals surface area (Å²) >= 11 is 0. The van der Waals surface area contributed by atoms with E-state index in [2.05, 4.69) is 37.8 Å². The first-order chi connectivity index (χ1) is 9.93. The maximum atomic E-state index is 11.6. The third kappa shape index (κ3) is 3.80. The average molecular weight is 370 g/mol. The Hall–Kier alpha value is -1.56. The van der Waals surface area contributed by atoms with E-state index in [1.54, 1.807) is 6.92 Å². The molecule has 0 atom stereocenters. The van der Waals surface area contributed by atoms with Gasteiger partial charge < -0.3 is 21.7 Å². The minimum Gasteiger partial charge on any atom is -1.00 e. The first kappa shape index (κ1) is 18.5. The molecule has 1 heterocycles. The number of nitrogens with zero attached hydrogens (tertiary/aromatic N) is 2. The van der Waals surface area contributed by atoms with Crippen molar-refractivity contribution in [2.24, 2.45) is 5.73 Å². The lowest BCUT2D eigenvalue weighted by Gasteiger charge is -2.17.